The lowest BCUT2D eigenvalue weighted by Crippen LogP contribution is -1.90. The minimum Gasteiger partial charge on any atom is -0.507 e. The molecule has 4 aromatic rings. The van der Waals surface area contributed by atoms with Crippen LogP contribution in [0.2, 0.25) is 0 Å². The standard InChI is InChI=1S/C25H23BrN2O2/c1-4-15(2)18-7-10-23-22(13-18)28-25(30-23)17-5-8-21(9-6-17)27-14-19-12-20(26)11-16(3)24(19)29/h5-15,29H,4H2,1-3H3. The zero-order chi connectivity index (χ0) is 21.3. The largest absolute Gasteiger partial charge is 0.507 e. The zero-order valence-corrected chi connectivity index (χ0v) is 18.8. The smallest absolute Gasteiger partial charge is 0.227 e. The van der Waals surface area contributed by atoms with E-state index < -0.39 is 0 Å². The number of oxazole rings is 1. The average molecular weight is 463 g/mol. The van der Waals surface area contributed by atoms with Crippen molar-refractivity contribution >= 4 is 38.9 Å². The third-order valence-electron chi connectivity index (χ3n) is 5.35. The molecule has 0 spiro atoms. The van der Waals surface area contributed by atoms with Crippen LogP contribution in [0.25, 0.3) is 22.6 Å². The van der Waals surface area contributed by atoms with Crippen molar-refractivity contribution in [3.05, 3.63) is 75.8 Å². The highest BCUT2D eigenvalue weighted by Crippen LogP contribution is 2.29. The van der Waals surface area contributed by atoms with E-state index in [1.54, 1.807) is 6.21 Å². The second-order valence-electron chi connectivity index (χ2n) is 7.52. The summed E-state index contributed by atoms with van der Waals surface area (Å²) in [5.74, 6) is 1.34. The average Bonchev–Trinajstić information content (AvgIpc) is 3.18. The Morgan fingerprint density at radius 1 is 1.13 bits per heavy atom. The molecular weight excluding hydrogens is 440 g/mol. The minimum absolute atomic E-state index is 0.238. The van der Waals surface area contributed by atoms with Gasteiger partial charge in [-0.05, 0) is 78.9 Å². The molecule has 3 aromatic carbocycles. The maximum Gasteiger partial charge on any atom is 0.227 e. The van der Waals surface area contributed by atoms with Crippen molar-refractivity contribution in [1.29, 1.82) is 0 Å². The van der Waals surface area contributed by atoms with E-state index in [0.717, 1.165) is 38.8 Å². The molecule has 1 aromatic heterocycles. The number of rotatable bonds is 5. The van der Waals surface area contributed by atoms with Crippen molar-refractivity contribution in [2.75, 3.05) is 0 Å². The molecule has 4 rings (SSSR count). The fourth-order valence-corrected chi connectivity index (χ4v) is 3.89. The van der Waals surface area contributed by atoms with Crippen LogP contribution in [0.3, 0.4) is 0 Å². The number of phenols is 1. The Kier molecular flexibility index (Phi) is 5.73. The zero-order valence-electron chi connectivity index (χ0n) is 17.2. The second-order valence-corrected chi connectivity index (χ2v) is 8.44. The Labute approximate surface area is 184 Å². The summed E-state index contributed by atoms with van der Waals surface area (Å²) in [6, 6.07) is 17.6. The van der Waals surface area contributed by atoms with E-state index in [1.165, 1.54) is 5.56 Å². The van der Waals surface area contributed by atoms with Gasteiger partial charge in [0.05, 0.1) is 5.69 Å². The molecule has 0 radical (unpaired) electrons. The third-order valence-corrected chi connectivity index (χ3v) is 5.81. The van der Waals surface area contributed by atoms with Crippen LogP contribution in [0.15, 0.2) is 68.5 Å². The molecule has 152 valence electrons. The topological polar surface area (TPSA) is 58.6 Å². The highest BCUT2D eigenvalue weighted by molar-refractivity contribution is 9.10. The molecule has 0 saturated heterocycles. The van der Waals surface area contributed by atoms with Crippen LogP contribution in [0, 0.1) is 6.92 Å². The van der Waals surface area contributed by atoms with Crippen LogP contribution in [0.4, 0.5) is 5.69 Å². The van der Waals surface area contributed by atoms with Crippen molar-refractivity contribution in [1.82, 2.24) is 4.98 Å². The summed E-state index contributed by atoms with van der Waals surface area (Å²) < 4.78 is 6.85. The van der Waals surface area contributed by atoms with E-state index in [2.05, 4.69) is 51.9 Å². The molecule has 1 atom stereocenters. The fraction of sp³-hybridized carbons (Fsp3) is 0.200. The van der Waals surface area contributed by atoms with Gasteiger partial charge in [-0.1, -0.05) is 35.8 Å². The predicted octanol–water partition coefficient (Wildman–Crippen LogP) is 7.54. The summed E-state index contributed by atoms with van der Waals surface area (Å²) in [5.41, 5.74) is 6.10. The van der Waals surface area contributed by atoms with Gasteiger partial charge in [-0.25, -0.2) is 4.98 Å². The molecule has 1 N–H and O–H groups in total. The Morgan fingerprint density at radius 3 is 2.63 bits per heavy atom. The summed E-state index contributed by atoms with van der Waals surface area (Å²) in [4.78, 5) is 9.15. The lowest BCUT2D eigenvalue weighted by Gasteiger charge is -2.07. The quantitative estimate of drug-likeness (QED) is 0.311. The first-order chi connectivity index (χ1) is 14.4. The lowest BCUT2D eigenvalue weighted by atomic mass is 9.98. The number of aliphatic imine (C=N–C) groups is 1. The normalized spacial score (nSPS) is 12.7. The van der Waals surface area contributed by atoms with Crippen molar-refractivity contribution in [3.8, 4) is 17.2 Å². The number of benzene rings is 3. The van der Waals surface area contributed by atoms with Gasteiger partial charge in [0, 0.05) is 21.8 Å². The molecule has 0 amide bonds. The summed E-state index contributed by atoms with van der Waals surface area (Å²) >= 11 is 3.45. The van der Waals surface area contributed by atoms with Crippen LogP contribution in [0.5, 0.6) is 5.75 Å². The first-order valence-corrected chi connectivity index (χ1v) is 10.8. The molecule has 0 aliphatic carbocycles. The maximum absolute atomic E-state index is 10.2. The number of aryl methyl sites for hydroxylation is 1. The van der Waals surface area contributed by atoms with E-state index in [-0.39, 0.29) is 5.75 Å². The van der Waals surface area contributed by atoms with Crippen LogP contribution in [0.1, 0.15) is 42.9 Å². The van der Waals surface area contributed by atoms with Crippen molar-refractivity contribution < 1.29 is 9.52 Å². The number of nitrogens with zero attached hydrogens (tertiary/aromatic N) is 2. The van der Waals surface area contributed by atoms with Gasteiger partial charge in [-0.2, -0.15) is 0 Å². The van der Waals surface area contributed by atoms with Crippen molar-refractivity contribution in [2.45, 2.75) is 33.1 Å². The molecule has 4 nitrogen and oxygen atoms in total. The SMILES string of the molecule is CCC(C)c1ccc2oc(-c3ccc(N=Cc4cc(Br)cc(C)c4O)cc3)nc2c1. The van der Waals surface area contributed by atoms with Gasteiger partial charge in [0.1, 0.15) is 11.3 Å². The molecule has 0 aliphatic rings. The summed E-state index contributed by atoms with van der Waals surface area (Å²) in [6.45, 7) is 6.27. The summed E-state index contributed by atoms with van der Waals surface area (Å²) in [5, 5.41) is 10.2. The molecule has 1 heterocycles. The molecular formula is C25H23BrN2O2. The molecule has 1 unspecified atom stereocenters. The van der Waals surface area contributed by atoms with Gasteiger partial charge in [0.15, 0.2) is 5.58 Å². The van der Waals surface area contributed by atoms with Crippen LogP contribution in [-0.4, -0.2) is 16.3 Å². The van der Waals surface area contributed by atoms with Gasteiger partial charge >= 0.3 is 0 Å². The molecule has 0 fully saturated rings. The van der Waals surface area contributed by atoms with Crippen LogP contribution >= 0.6 is 15.9 Å². The first kappa shape index (κ1) is 20.4. The van der Waals surface area contributed by atoms with Crippen LogP contribution < -0.4 is 0 Å². The van der Waals surface area contributed by atoms with Gasteiger partial charge in [-0.3, -0.25) is 4.99 Å². The monoisotopic (exact) mass is 462 g/mol. The second kappa shape index (κ2) is 8.44. The van der Waals surface area contributed by atoms with Crippen molar-refractivity contribution in [3.63, 3.8) is 0 Å². The summed E-state index contributed by atoms with van der Waals surface area (Å²) in [6.07, 6.45) is 2.76. The van der Waals surface area contributed by atoms with E-state index in [9.17, 15) is 5.11 Å². The maximum atomic E-state index is 10.2. The Bertz CT molecular complexity index is 1230. The van der Waals surface area contributed by atoms with Crippen molar-refractivity contribution in [2.24, 2.45) is 4.99 Å². The molecule has 5 heteroatoms. The summed E-state index contributed by atoms with van der Waals surface area (Å²) in [7, 11) is 0. The van der Waals surface area contributed by atoms with Gasteiger partial charge in [0.2, 0.25) is 5.89 Å². The van der Waals surface area contributed by atoms with Crippen LogP contribution in [-0.2, 0) is 0 Å². The number of halogens is 1. The number of hydrogen-bond donors (Lipinski definition) is 1. The number of aromatic hydroxyl groups is 1. The lowest BCUT2D eigenvalue weighted by molar-refractivity contribution is 0.470. The molecule has 0 aliphatic heterocycles. The highest BCUT2D eigenvalue weighted by atomic mass is 79.9. The minimum atomic E-state index is 0.238. The fourth-order valence-electron chi connectivity index (χ4n) is 3.30. The number of hydrogen-bond acceptors (Lipinski definition) is 4. The molecule has 0 saturated carbocycles. The van der Waals surface area contributed by atoms with E-state index in [1.807, 2.05) is 49.4 Å². The highest BCUT2D eigenvalue weighted by Gasteiger charge is 2.11. The first-order valence-electron chi connectivity index (χ1n) is 9.98. The Morgan fingerprint density at radius 2 is 1.90 bits per heavy atom. The Balaban J connectivity index is 1.58. The number of fused-ring (bicyclic) bond motifs is 1. The van der Waals surface area contributed by atoms with E-state index >= 15 is 0 Å². The van der Waals surface area contributed by atoms with Gasteiger partial charge < -0.3 is 9.52 Å². The Hall–Kier alpha value is -2.92. The third kappa shape index (κ3) is 4.17. The molecule has 0 bridgehead atoms. The van der Waals surface area contributed by atoms with Gasteiger partial charge in [-0.15, -0.1) is 0 Å². The van der Waals surface area contributed by atoms with E-state index in [4.69, 9.17) is 4.42 Å². The predicted molar refractivity (Wildman–Crippen MR) is 126 cm³/mol. The van der Waals surface area contributed by atoms with E-state index in [0.29, 0.717) is 17.4 Å². The molecule has 30 heavy (non-hydrogen) atoms. The van der Waals surface area contributed by atoms with Gasteiger partial charge in [0.25, 0.3) is 0 Å². The number of phenolic OH excluding ortho intramolecular Hbond substituents is 1. The number of aromatic nitrogens is 1.